The highest BCUT2D eigenvalue weighted by Crippen LogP contribution is 2.57. The van der Waals surface area contributed by atoms with Crippen LogP contribution in [-0.2, 0) is 0 Å². The third kappa shape index (κ3) is 1.78. The molecule has 1 radical (unpaired) electrons. The maximum absolute atomic E-state index is 2.57. The molecule has 0 saturated heterocycles. The molecule has 77 valence electrons. The lowest BCUT2D eigenvalue weighted by atomic mass is 9.44. The molecule has 4 unspecified atom stereocenters. The van der Waals surface area contributed by atoms with Gasteiger partial charge in [-0.15, -0.1) is 0 Å². The van der Waals surface area contributed by atoms with Crippen molar-refractivity contribution in [3.63, 3.8) is 0 Å². The highest BCUT2D eigenvalue weighted by molar-refractivity contribution is 6.37. The van der Waals surface area contributed by atoms with Crippen LogP contribution in [0.3, 0.4) is 0 Å². The zero-order valence-corrected chi connectivity index (χ0v) is 9.79. The molecule has 14 heavy (non-hydrogen) atoms. The molecule has 1 fully saturated rings. The highest BCUT2D eigenvalue weighted by atomic mass is 14.5. The summed E-state index contributed by atoms with van der Waals surface area (Å²) in [5.41, 5.74) is 1.75. The van der Waals surface area contributed by atoms with E-state index in [0.29, 0.717) is 0 Å². The van der Waals surface area contributed by atoms with Gasteiger partial charge in [-0.3, -0.25) is 0 Å². The first-order chi connectivity index (χ1) is 6.72. The fraction of sp³-hybridized carbons (Fsp3) is 0.846. The lowest BCUT2D eigenvalue weighted by Crippen LogP contribution is -2.41. The second kappa shape index (κ2) is 4.12. The van der Waals surface area contributed by atoms with E-state index in [1.54, 1.807) is 5.57 Å². The second-order valence-electron chi connectivity index (χ2n) is 5.32. The highest BCUT2D eigenvalue weighted by Gasteiger charge is 2.45. The van der Waals surface area contributed by atoms with Gasteiger partial charge in [0.05, 0.1) is 0 Å². The number of hydrogen-bond donors (Lipinski definition) is 0. The van der Waals surface area contributed by atoms with E-state index in [9.17, 15) is 0 Å². The first kappa shape index (κ1) is 10.3. The van der Waals surface area contributed by atoms with Crippen LogP contribution in [0.5, 0.6) is 0 Å². The van der Waals surface area contributed by atoms with E-state index in [2.05, 4.69) is 34.1 Å². The minimum absolute atomic E-state index is 0.845. The minimum atomic E-state index is 0.845. The van der Waals surface area contributed by atoms with Gasteiger partial charge in [-0.05, 0) is 24.2 Å². The van der Waals surface area contributed by atoms with Crippen LogP contribution in [0, 0.1) is 17.8 Å². The van der Waals surface area contributed by atoms with Crippen LogP contribution < -0.4 is 0 Å². The molecule has 0 aromatic rings. The van der Waals surface area contributed by atoms with E-state index in [0.717, 1.165) is 23.6 Å². The summed E-state index contributed by atoms with van der Waals surface area (Å²) in [4.78, 5) is 0. The molecule has 0 amide bonds. The van der Waals surface area contributed by atoms with Crippen LogP contribution in [-0.4, -0.2) is 7.28 Å². The van der Waals surface area contributed by atoms with Crippen molar-refractivity contribution in [3.8, 4) is 0 Å². The molecule has 0 aromatic heterocycles. The summed E-state index contributed by atoms with van der Waals surface area (Å²) >= 11 is 0. The Bertz CT molecular complexity index is 231. The minimum Gasteiger partial charge on any atom is -0.0810 e. The third-order valence-corrected chi connectivity index (χ3v) is 4.25. The molecule has 2 bridgehead atoms. The Morgan fingerprint density at radius 2 is 2.14 bits per heavy atom. The Balaban J connectivity index is 1.59. The maximum Gasteiger partial charge on any atom is 0.114 e. The molecule has 4 atom stereocenters. The molecule has 1 heteroatoms. The third-order valence-electron chi connectivity index (χ3n) is 4.25. The van der Waals surface area contributed by atoms with Crippen molar-refractivity contribution in [2.75, 3.05) is 0 Å². The van der Waals surface area contributed by atoms with Gasteiger partial charge < -0.3 is 0 Å². The average Bonchev–Trinajstić information content (AvgIpc) is 1.98. The molecule has 0 aromatic carbocycles. The Labute approximate surface area is 89.4 Å². The summed E-state index contributed by atoms with van der Waals surface area (Å²) in [6.07, 6.45) is 7.93. The van der Waals surface area contributed by atoms with E-state index in [-0.39, 0.29) is 0 Å². The van der Waals surface area contributed by atoms with Crippen LogP contribution in [0.1, 0.15) is 40.0 Å². The van der Waals surface area contributed by atoms with E-state index < -0.39 is 0 Å². The van der Waals surface area contributed by atoms with E-state index in [1.807, 2.05) is 0 Å². The summed E-state index contributed by atoms with van der Waals surface area (Å²) in [7, 11) is 2.57. The molecule has 0 aliphatic heterocycles. The van der Waals surface area contributed by atoms with E-state index in [1.165, 1.54) is 25.6 Å². The lowest BCUT2D eigenvalue weighted by molar-refractivity contribution is 0.258. The zero-order valence-electron chi connectivity index (χ0n) is 9.79. The predicted molar refractivity (Wildman–Crippen MR) is 63.7 cm³/mol. The number of hydrogen-bond acceptors (Lipinski definition) is 0. The summed E-state index contributed by atoms with van der Waals surface area (Å²) in [6.45, 7) is 7.06. The van der Waals surface area contributed by atoms with Crippen molar-refractivity contribution in [2.24, 2.45) is 17.8 Å². The number of rotatable bonds is 6. The monoisotopic (exact) mass is 189 g/mol. The second-order valence-corrected chi connectivity index (χ2v) is 5.32. The fourth-order valence-electron chi connectivity index (χ4n) is 2.71. The van der Waals surface area contributed by atoms with Gasteiger partial charge in [-0.25, -0.2) is 0 Å². The summed E-state index contributed by atoms with van der Waals surface area (Å²) in [5.74, 6) is 3.69. The van der Waals surface area contributed by atoms with Gasteiger partial charge in [0.15, 0.2) is 0 Å². The Morgan fingerprint density at radius 1 is 1.50 bits per heavy atom. The van der Waals surface area contributed by atoms with Crippen LogP contribution in [0.2, 0.25) is 12.1 Å². The zero-order chi connectivity index (χ0) is 10.1. The summed E-state index contributed by atoms with van der Waals surface area (Å²) in [6, 6.07) is 0. The van der Waals surface area contributed by atoms with Gasteiger partial charge in [0.25, 0.3) is 0 Å². The van der Waals surface area contributed by atoms with Gasteiger partial charge in [0.1, 0.15) is 7.28 Å². The quantitative estimate of drug-likeness (QED) is 0.438. The topological polar surface area (TPSA) is 0 Å². The molecular weight excluding hydrogens is 167 g/mol. The van der Waals surface area contributed by atoms with Gasteiger partial charge >= 0.3 is 0 Å². The first-order valence-electron chi connectivity index (χ1n) is 6.26. The summed E-state index contributed by atoms with van der Waals surface area (Å²) < 4.78 is 0. The van der Waals surface area contributed by atoms with Gasteiger partial charge in [0, 0.05) is 0 Å². The SMILES string of the molecule is CCC(C)CC[B]C(C)C1C2=CC1C2. The van der Waals surface area contributed by atoms with Crippen molar-refractivity contribution in [2.45, 2.75) is 52.2 Å². The maximum atomic E-state index is 2.57. The van der Waals surface area contributed by atoms with E-state index in [4.69, 9.17) is 0 Å². The molecule has 0 N–H and O–H groups in total. The summed E-state index contributed by atoms with van der Waals surface area (Å²) in [5, 5.41) is 0. The molecule has 0 nitrogen and oxygen atoms in total. The van der Waals surface area contributed by atoms with Crippen molar-refractivity contribution in [3.05, 3.63) is 11.6 Å². The molecule has 1 saturated carbocycles. The molecule has 3 rings (SSSR count). The first-order valence-corrected chi connectivity index (χ1v) is 6.26. The normalized spacial score (nSPS) is 32.4. The average molecular weight is 189 g/mol. The molecule has 3 aliphatic rings. The van der Waals surface area contributed by atoms with Crippen molar-refractivity contribution in [1.82, 2.24) is 0 Å². The van der Waals surface area contributed by atoms with Crippen LogP contribution in [0.4, 0.5) is 0 Å². The molecule has 0 heterocycles. The molecule has 0 spiro atoms. The molecular formula is C13H22B. The number of allylic oxidation sites excluding steroid dienone is 2. The Hall–Kier alpha value is -0.195. The molecule has 3 aliphatic carbocycles. The fourth-order valence-corrected chi connectivity index (χ4v) is 2.71. The van der Waals surface area contributed by atoms with Crippen molar-refractivity contribution >= 4 is 7.28 Å². The van der Waals surface area contributed by atoms with Gasteiger partial charge in [0.2, 0.25) is 0 Å². The van der Waals surface area contributed by atoms with Crippen molar-refractivity contribution < 1.29 is 0 Å². The van der Waals surface area contributed by atoms with Gasteiger partial charge in [-0.2, -0.15) is 0 Å². The van der Waals surface area contributed by atoms with Crippen molar-refractivity contribution in [1.29, 1.82) is 0 Å². The van der Waals surface area contributed by atoms with Crippen LogP contribution >= 0.6 is 0 Å². The van der Waals surface area contributed by atoms with Crippen LogP contribution in [0.25, 0.3) is 0 Å². The Morgan fingerprint density at radius 3 is 2.57 bits per heavy atom. The largest absolute Gasteiger partial charge is 0.114 e. The smallest absolute Gasteiger partial charge is 0.0810 e. The van der Waals surface area contributed by atoms with Gasteiger partial charge in [-0.1, -0.05) is 57.4 Å². The van der Waals surface area contributed by atoms with Crippen LogP contribution in [0.15, 0.2) is 11.6 Å². The standard InChI is InChI=1S/C13H22B/c1-4-9(2)5-6-14-10(3)13-11-7-12(13)8-11/h7,9-11,13H,4-6,8H2,1-3H3. The predicted octanol–water partition coefficient (Wildman–Crippen LogP) is 3.93. The van der Waals surface area contributed by atoms with E-state index >= 15 is 0 Å². The lowest BCUT2D eigenvalue weighted by Gasteiger charge is -2.52. The Kier molecular flexibility index (Phi) is 3.04.